The number of likely N-dealkylation sites (N-methyl/N-ethyl adjacent to an activating group) is 1. The van der Waals surface area contributed by atoms with Gasteiger partial charge in [-0.2, -0.15) is 0 Å². The third-order valence-electron chi connectivity index (χ3n) is 2.69. The van der Waals surface area contributed by atoms with Crippen LogP contribution in [0.5, 0.6) is 5.75 Å². The molecule has 0 atom stereocenters. The fraction of sp³-hybridized carbons (Fsp3) is 0.167. The van der Waals surface area contributed by atoms with Gasteiger partial charge >= 0.3 is 0 Å². The van der Waals surface area contributed by atoms with Gasteiger partial charge in [0.15, 0.2) is 0 Å². The molecule has 0 bridgehead atoms. The predicted octanol–water partition coefficient (Wildman–Crippen LogP) is 2.56. The molecular formula is C12H11Br2N3O2. The van der Waals surface area contributed by atoms with Crippen LogP contribution in [0.25, 0.3) is 6.08 Å². The first-order chi connectivity index (χ1) is 8.93. The minimum absolute atomic E-state index is 0.0721. The molecule has 0 radical (unpaired) electrons. The van der Waals surface area contributed by atoms with Crippen LogP contribution in [0.3, 0.4) is 0 Å². The number of carbonyl (C=O) groups excluding carboxylic acids is 1. The van der Waals surface area contributed by atoms with E-state index in [1.54, 1.807) is 20.2 Å². The summed E-state index contributed by atoms with van der Waals surface area (Å²) in [6.45, 7) is 0. The number of rotatable bonds is 2. The molecule has 2 N–H and O–H groups in total. The monoisotopic (exact) mass is 387 g/mol. The van der Waals surface area contributed by atoms with Crippen LogP contribution < -0.4 is 10.1 Å². The van der Waals surface area contributed by atoms with Gasteiger partial charge < -0.3 is 9.64 Å². The minimum Gasteiger partial charge on any atom is -0.494 e. The van der Waals surface area contributed by atoms with Crippen molar-refractivity contribution >= 4 is 49.8 Å². The zero-order valence-corrected chi connectivity index (χ0v) is 13.4. The lowest BCUT2D eigenvalue weighted by atomic mass is 10.2. The summed E-state index contributed by atoms with van der Waals surface area (Å²) in [6, 6.07) is 3.69. The number of carbonyl (C=O) groups is 1. The van der Waals surface area contributed by atoms with E-state index in [0.29, 0.717) is 11.4 Å². The number of guanidine groups is 1. The van der Waals surface area contributed by atoms with Gasteiger partial charge in [-0.05, 0) is 55.6 Å². The molecule has 1 saturated heterocycles. The molecule has 19 heavy (non-hydrogen) atoms. The summed E-state index contributed by atoms with van der Waals surface area (Å²) in [6.07, 6.45) is 1.71. The zero-order valence-electron chi connectivity index (χ0n) is 10.3. The highest BCUT2D eigenvalue weighted by Gasteiger charge is 2.26. The van der Waals surface area contributed by atoms with Crippen molar-refractivity contribution in [3.05, 3.63) is 32.3 Å². The largest absolute Gasteiger partial charge is 0.494 e. The number of methoxy groups -OCH3 is 1. The van der Waals surface area contributed by atoms with Crippen molar-refractivity contribution in [1.82, 2.24) is 10.2 Å². The van der Waals surface area contributed by atoms with Crippen LogP contribution in [0, 0.1) is 5.41 Å². The van der Waals surface area contributed by atoms with Crippen LogP contribution >= 0.6 is 31.9 Å². The summed E-state index contributed by atoms with van der Waals surface area (Å²) in [7, 11) is 3.25. The normalized spacial score (nSPS) is 17.1. The zero-order chi connectivity index (χ0) is 14.2. The number of ether oxygens (including phenoxy) is 1. The fourth-order valence-corrected chi connectivity index (χ4v) is 3.25. The van der Waals surface area contributed by atoms with Gasteiger partial charge in [-0.1, -0.05) is 0 Å². The van der Waals surface area contributed by atoms with Gasteiger partial charge in [0.05, 0.1) is 16.1 Å². The lowest BCUT2D eigenvalue weighted by molar-refractivity contribution is -0.115. The Balaban J connectivity index is 2.44. The summed E-state index contributed by atoms with van der Waals surface area (Å²) in [5.74, 6) is 0.484. The number of nitrogens with zero attached hydrogens (tertiary/aromatic N) is 1. The maximum atomic E-state index is 11.7. The van der Waals surface area contributed by atoms with Crippen LogP contribution in [-0.2, 0) is 4.79 Å². The van der Waals surface area contributed by atoms with Crippen molar-refractivity contribution in [1.29, 1.82) is 5.41 Å². The van der Waals surface area contributed by atoms with Gasteiger partial charge in [0.2, 0.25) is 5.96 Å². The van der Waals surface area contributed by atoms with E-state index in [9.17, 15) is 4.79 Å². The lowest BCUT2D eigenvalue weighted by Gasteiger charge is -2.10. The van der Waals surface area contributed by atoms with E-state index in [4.69, 9.17) is 10.1 Å². The summed E-state index contributed by atoms with van der Waals surface area (Å²) in [5.41, 5.74) is 1.25. The average Bonchev–Trinajstić information content (AvgIpc) is 2.56. The van der Waals surface area contributed by atoms with E-state index in [0.717, 1.165) is 14.5 Å². The molecule has 100 valence electrons. The Hall–Kier alpha value is -1.34. The Bertz CT molecular complexity index is 576. The Morgan fingerprint density at radius 3 is 2.37 bits per heavy atom. The van der Waals surface area contributed by atoms with Crippen LogP contribution in [-0.4, -0.2) is 30.9 Å². The molecule has 1 amide bonds. The van der Waals surface area contributed by atoms with Gasteiger partial charge in [0.25, 0.3) is 5.91 Å². The number of amides is 1. The highest BCUT2D eigenvalue weighted by Crippen LogP contribution is 2.35. The maximum Gasteiger partial charge on any atom is 0.274 e. The average molecular weight is 389 g/mol. The molecule has 1 aromatic rings. The molecule has 1 aromatic carbocycles. The van der Waals surface area contributed by atoms with Crippen molar-refractivity contribution < 1.29 is 9.53 Å². The molecule has 7 heteroatoms. The SMILES string of the molecule is COc1c(Br)cc(/C=C2/C(=O)NC(=N)N2C)cc1Br. The van der Waals surface area contributed by atoms with Crippen LogP contribution in [0.1, 0.15) is 5.56 Å². The van der Waals surface area contributed by atoms with Gasteiger partial charge in [0.1, 0.15) is 11.4 Å². The quantitative estimate of drug-likeness (QED) is 0.765. The Morgan fingerprint density at radius 1 is 1.37 bits per heavy atom. The molecule has 1 aliphatic heterocycles. The van der Waals surface area contributed by atoms with E-state index < -0.39 is 0 Å². The summed E-state index contributed by atoms with van der Waals surface area (Å²) >= 11 is 6.82. The van der Waals surface area contributed by atoms with Crippen LogP contribution in [0.15, 0.2) is 26.8 Å². The smallest absolute Gasteiger partial charge is 0.274 e. The van der Waals surface area contributed by atoms with E-state index in [2.05, 4.69) is 37.2 Å². The minimum atomic E-state index is -0.282. The summed E-state index contributed by atoms with van der Waals surface area (Å²) < 4.78 is 6.79. The first-order valence-corrected chi connectivity index (χ1v) is 6.91. The Kier molecular flexibility index (Phi) is 3.96. The fourth-order valence-electron chi connectivity index (χ4n) is 1.71. The molecule has 0 unspecified atom stereocenters. The predicted molar refractivity (Wildman–Crippen MR) is 80.0 cm³/mol. The van der Waals surface area contributed by atoms with Gasteiger partial charge in [0, 0.05) is 7.05 Å². The molecule has 0 spiro atoms. The first kappa shape index (κ1) is 14.1. The van der Waals surface area contributed by atoms with Crippen molar-refractivity contribution in [3.63, 3.8) is 0 Å². The van der Waals surface area contributed by atoms with Crippen LogP contribution in [0.4, 0.5) is 0 Å². The third kappa shape index (κ3) is 2.66. The molecule has 1 fully saturated rings. The topological polar surface area (TPSA) is 65.4 Å². The summed E-state index contributed by atoms with van der Waals surface area (Å²) in [4.78, 5) is 13.2. The van der Waals surface area contributed by atoms with Crippen LogP contribution in [0.2, 0.25) is 0 Å². The second-order valence-corrected chi connectivity index (χ2v) is 5.62. The van der Waals surface area contributed by atoms with Crippen molar-refractivity contribution in [2.24, 2.45) is 0 Å². The highest BCUT2D eigenvalue weighted by atomic mass is 79.9. The molecular weight excluding hydrogens is 378 g/mol. The van der Waals surface area contributed by atoms with Crippen molar-refractivity contribution in [3.8, 4) is 5.75 Å². The Labute approximate surface area is 127 Å². The number of hydrogen-bond acceptors (Lipinski definition) is 3. The molecule has 0 aromatic heterocycles. The second-order valence-electron chi connectivity index (χ2n) is 3.91. The standard InChI is InChI=1S/C12H11Br2N3O2/c1-17-9(11(18)16-12(17)15)5-6-3-7(13)10(19-2)8(14)4-6/h3-5H,1-2H3,(H2,15,16,18)/b9-5-. The molecule has 0 saturated carbocycles. The lowest BCUT2D eigenvalue weighted by Crippen LogP contribution is -2.25. The molecule has 5 nitrogen and oxygen atoms in total. The number of hydrogen-bond donors (Lipinski definition) is 2. The van der Waals surface area contributed by atoms with E-state index in [1.807, 2.05) is 12.1 Å². The van der Waals surface area contributed by atoms with E-state index >= 15 is 0 Å². The number of benzene rings is 1. The number of nitrogens with one attached hydrogen (secondary N) is 2. The molecule has 1 heterocycles. The molecule has 1 aliphatic rings. The van der Waals surface area contributed by atoms with E-state index in [-0.39, 0.29) is 11.9 Å². The first-order valence-electron chi connectivity index (χ1n) is 5.32. The van der Waals surface area contributed by atoms with Gasteiger partial charge in [-0.15, -0.1) is 0 Å². The van der Waals surface area contributed by atoms with E-state index in [1.165, 1.54) is 4.90 Å². The molecule has 0 aliphatic carbocycles. The van der Waals surface area contributed by atoms with Gasteiger partial charge in [-0.3, -0.25) is 15.5 Å². The maximum absolute atomic E-state index is 11.7. The van der Waals surface area contributed by atoms with Crippen molar-refractivity contribution in [2.75, 3.05) is 14.2 Å². The summed E-state index contributed by atoms with van der Waals surface area (Å²) in [5, 5.41) is 9.99. The third-order valence-corrected chi connectivity index (χ3v) is 3.87. The highest BCUT2D eigenvalue weighted by molar-refractivity contribution is 9.11. The van der Waals surface area contributed by atoms with Crippen molar-refractivity contribution in [2.45, 2.75) is 0 Å². The molecule has 2 rings (SSSR count). The number of halogens is 2. The van der Waals surface area contributed by atoms with Gasteiger partial charge in [-0.25, -0.2) is 0 Å². The Morgan fingerprint density at radius 2 is 1.95 bits per heavy atom. The second kappa shape index (κ2) is 5.34.